The summed E-state index contributed by atoms with van der Waals surface area (Å²) < 4.78 is 0. The van der Waals surface area contributed by atoms with E-state index in [1.807, 2.05) is 0 Å². The van der Waals surface area contributed by atoms with Gasteiger partial charge in [0.25, 0.3) is 0 Å². The molecule has 0 spiro atoms. The van der Waals surface area contributed by atoms with Crippen LogP contribution in [-0.2, 0) is 0 Å². The second kappa shape index (κ2) is 4.30. The summed E-state index contributed by atoms with van der Waals surface area (Å²) in [5.41, 5.74) is 19.8. The van der Waals surface area contributed by atoms with Crippen molar-refractivity contribution in [3.8, 4) is 0 Å². The Bertz CT molecular complexity index is 330. The van der Waals surface area contributed by atoms with Crippen LogP contribution in [0.4, 0.5) is 5.82 Å². The summed E-state index contributed by atoms with van der Waals surface area (Å²) in [4.78, 5) is 6.61. The standard InChI is InChI=1S/C7H10N6/c8-5(4-11-13-10)6-2-1-3-7(9)12-6/h1-3,5H,4,8H2,(H2,9,12)/t5-/m0/s1. The van der Waals surface area contributed by atoms with E-state index < -0.39 is 0 Å². The van der Waals surface area contributed by atoms with E-state index in [-0.39, 0.29) is 12.6 Å². The van der Waals surface area contributed by atoms with Gasteiger partial charge in [-0.1, -0.05) is 11.2 Å². The Hall–Kier alpha value is -1.78. The number of azide groups is 1. The second-order valence-electron chi connectivity index (χ2n) is 2.51. The molecule has 4 N–H and O–H groups in total. The summed E-state index contributed by atoms with van der Waals surface area (Å²) in [5.74, 6) is 0.411. The number of pyridine rings is 1. The van der Waals surface area contributed by atoms with Crippen molar-refractivity contribution in [1.29, 1.82) is 0 Å². The Kier molecular flexibility index (Phi) is 3.08. The van der Waals surface area contributed by atoms with Crippen molar-refractivity contribution in [3.05, 3.63) is 34.3 Å². The summed E-state index contributed by atoms with van der Waals surface area (Å²) in [7, 11) is 0. The van der Waals surface area contributed by atoms with Crippen LogP contribution in [0.5, 0.6) is 0 Å². The summed E-state index contributed by atoms with van der Waals surface area (Å²) >= 11 is 0. The van der Waals surface area contributed by atoms with Gasteiger partial charge in [-0.15, -0.1) is 0 Å². The SMILES string of the molecule is [N-]=[N+]=NC[C@H](N)c1cccc(N)n1. The van der Waals surface area contributed by atoms with Gasteiger partial charge in [-0.05, 0) is 17.7 Å². The highest BCUT2D eigenvalue weighted by atomic mass is 15.1. The fraction of sp³-hybridized carbons (Fsp3) is 0.286. The third-order valence-electron chi connectivity index (χ3n) is 1.51. The number of rotatable bonds is 3. The van der Waals surface area contributed by atoms with E-state index in [2.05, 4.69) is 15.0 Å². The maximum Gasteiger partial charge on any atom is 0.123 e. The van der Waals surface area contributed by atoms with Gasteiger partial charge < -0.3 is 11.5 Å². The molecule has 68 valence electrons. The number of hydrogen-bond donors (Lipinski definition) is 2. The summed E-state index contributed by atoms with van der Waals surface area (Å²) in [6.45, 7) is 0.187. The molecule has 1 rings (SSSR count). The molecule has 0 aromatic carbocycles. The second-order valence-corrected chi connectivity index (χ2v) is 2.51. The van der Waals surface area contributed by atoms with Crippen molar-refractivity contribution < 1.29 is 0 Å². The fourth-order valence-electron chi connectivity index (χ4n) is 0.893. The number of nitrogens with two attached hydrogens (primary N) is 2. The van der Waals surface area contributed by atoms with Crippen LogP contribution in [0.1, 0.15) is 11.7 Å². The van der Waals surface area contributed by atoms with Crippen LogP contribution in [-0.4, -0.2) is 11.5 Å². The molecule has 0 aliphatic carbocycles. The molecule has 6 nitrogen and oxygen atoms in total. The number of aromatic nitrogens is 1. The first-order valence-electron chi connectivity index (χ1n) is 3.73. The predicted octanol–water partition coefficient (Wildman–Crippen LogP) is 0.974. The number of nitrogens with zero attached hydrogens (tertiary/aromatic N) is 4. The highest BCUT2D eigenvalue weighted by molar-refractivity contribution is 5.29. The molecule has 6 heteroatoms. The lowest BCUT2D eigenvalue weighted by molar-refractivity contribution is 0.709. The highest BCUT2D eigenvalue weighted by Gasteiger charge is 2.05. The highest BCUT2D eigenvalue weighted by Crippen LogP contribution is 2.09. The van der Waals surface area contributed by atoms with Gasteiger partial charge in [-0.2, -0.15) is 0 Å². The van der Waals surface area contributed by atoms with Crippen molar-refractivity contribution in [1.82, 2.24) is 4.98 Å². The van der Waals surface area contributed by atoms with Crippen LogP contribution in [0.25, 0.3) is 10.4 Å². The van der Waals surface area contributed by atoms with E-state index in [9.17, 15) is 0 Å². The van der Waals surface area contributed by atoms with E-state index in [0.717, 1.165) is 0 Å². The van der Waals surface area contributed by atoms with Crippen LogP contribution in [0.15, 0.2) is 23.3 Å². The zero-order chi connectivity index (χ0) is 9.68. The van der Waals surface area contributed by atoms with Crippen molar-refractivity contribution >= 4 is 5.82 Å². The molecule has 0 amide bonds. The first kappa shape index (κ1) is 9.31. The zero-order valence-electron chi connectivity index (χ0n) is 6.96. The van der Waals surface area contributed by atoms with Gasteiger partial charge in [0.1, 0.15) is 5.82 Å². The summed E-state index contributed by atoms with van der Waals surface area (Å²) in [6, 6.07) is 4.78. The van der Waals surface area contributed by atoms with Crippen LogP contribution in [0, 0.1) is 0 Å². The Balaban J connectivity index is 2.76. The molecule has 1 aromatic rings. The molecule has 0 bridgehead atoms. The van der Waals surface area contributed by atoms with Gasteiger partial charge in [-0.25, -0.2) is 4.98 Å². The van der Waals surface area contributed by atoms with Gasteiger partial charge in [0, 0.05) is 11.5 Å². The molecular formula is C7H10N6. The first-order valence-corrected chi connectivity index (χ1v) is 3.73. The number of hydrogen-bond acceptors (Lipinski definition) is 4. The van der Waals surface area contributed by atoms with Gasteiger partial charge in [0.2, 0.25) is 0 Å². The monoisotopic (exact) mass is 178 g/mol. The first-order chi connectivity index (χ1) is 6.24. The van der Waals surface area contributed by atoms with E-state index in [0.29, 0.717) is 11.5 Å². The van der Waals surface area contributed by atoms with E-state index >= 15 is 0 Å². The smallest absolute Gasteiger partial charge is 0.123 e. The largest absolute Gasteiger partial charge is 0.384 e. The maximum atomic E-state index is 8.07. The molecule has 13 heavy (non-hydrogen) atoms. The molecule has 0 saturated carbocycles. The van der Waals surface area contributed by atoms with Crippen LogP contribution < -0.4 is 11.5 Å². The maximum absolute atomic E-state index is 8.07. The molecule has 0 unspecified atom stereocenters. The van der Waals surface area contributed by atoms with Crippen molar-refractivity contribution in [2.45, 2.75) is 6.04 Å². The lowest BCUT2D eigenvalue weighted by Gasteiger charge is -2.07. The molecule has 0 saturated heterocycles. The Labute approximate surface area is 75.2 Å². The topological polar surface area (TPSA) is 114 Å². The molecule has 0 fully saturated rings. The lowest BCUT2D eigenvalue weighted by atomic mass is 10.2. The number of anilines is 1. The van der Waals surface area contributed by atoms with Crippen molar-refractivity contribution in [3.63, 3.8) is 0 Å². The molecule has 1 atom stereocenters. The predicted molar refractivity (Wildman–Crippen MR) is 49.6 cm³/mol. The van der Waals surface area contributed by atoms with Crippen molar-refractivity contribution in [2.75, 3.05) is 12.3 Å². The minimum atomic E-state index is -0.389. The summed E-state index contributed by atoms with van der Waals surface area (Å²) in [6.07, 6.45) is 0. The van der Waals surface area contributed by atoms with Gasteiger partial charge >= 0.3 is 0 Å². The molecule has 0 aliphatic rings. The molecule has 0 radical (unpaired) electrons. The Morgan fingerprint density at radius 3 is 3.00 bits per heavy atom. The summed E-state index contributed by atoms with van der Waals surface area (Å²) in [5, 5.41) is 3.35. The Morgan fingerprint density at radius 1 is 1.62 bits per heavy atom. The van der Waals surface area contributed by atoms with Crippen LogP contribution in [0.3, 0.4) is 0 Å². The quantitative estimate of drug-likeness (QED) is 0.408. The van der Waals surface area contributed by atoms with E-state index in [4.69, 9.17) is 17.0 Å². The molecule has 0 aliphatic heterocycles. The van der Waals surface area contributed by atoms with E-state index in [1.54, 1.807) is 18.2 Å². The molecular weight excluding hydrogens is 168 g/mol. The molecule has 1 aromatic heterocycles. The fourth-order valence-corrected chi connectivity index (χ4v) is 0.893. The zero-order valence-corrected chi connectivity index (χ0v) is 6.96. The Morgan fingerprint density at radius 2 is 2.38 bits per heavy atom. The van der Waals surface area contributed by atoms with Gasteiger partial charge in [0.05, 0.1) is 11.7 Å². The van der Waals surface area contributed by atoms with E-state index in [1.165, 1.54) is 0 Å². The van der Waals surface area contributed by atoms with Crippen molar-refractivity contribution in [2.24, 2.45) is 10.8 Å². The van der Waals surface area contributed by atoms with Gasteiger partial charge in [-0.3, -0.25) is 0 Å². The lowest BCUT2D eigenvalue weighted by Crippen LogP contribution is -2.15. The minimum absolute atomic E-state index is 0.187. The average Bonchev–Trinajstić information content (AvgIpc) is 2.14. The van der Waals surface area contributed by atoms with Crippen LogP contribution in [0.2, 0.25) is 0 Å². The normalized spacial score (nSPS) is 11.8. The third-order valence-corrected chi connectivity index (χ3v) is 1.51. The third kappa shape index (κ3) is 2.62. The van der Waals surface area contributed by atoms with Crippen LogP contribution >= 0.6 is 0 Å². The number of nitrogen functional groups attached to an aromatic ring is 1. The minimum Gasteiger partial charge on any atom is -0.384 e. The average molecular weight is 178 g/mol. The molecule has 1 heterocycles. The van der Waals surface area contributed by atoms with Gasteiger partial charge in [0.15, 0.2) is 0 Å².